The standard InChI is InChI=1S/C20H20N2O2/c1-13(23)22-10-9-17-11-15(7-8-20(17)22)16-6-5-14-3-2-4-19(21-24)18(14)12-16/h5-8,11-12,24H,2-4,9-10H2,1H3/b21-19+. The van der Waals surface area contributed by atoms with Crippen molar-refractivity contribution in [1.29, 1.82) is 0 Å². The van der Waals surface area contributed by atoms with Crippen molar-refractivity contribution in [2.24, 2.45) is 5.16 Å². The summed E-state index contributed by atoms with van der Waals surface area (Å²) in [6.45, 7) is 2.38. The van der Waals surface area contributed by atoms with Gasteiger partial charge in [0, 0.05) is 24.7 Å². The molecule has 0 saturated heterocycles. The molecule has 1 heterocycles. The molecule has 122 valence electrons. The first-order valence-electron chi connectivity index (χ1n) is 8.43. The van der Waals surface area contributed by atoms with Gasteiger partial charge in [0.15, 0.2) is 0 Å². The zero-order valence-electron chi connectivity index (χ0n) is 13.7. The first-order chi connectivity index (χ1) is 11.7. The molecule has 2 aromatic rings. The molecule has 0 spiro atoms. The van der Waals surface area contributed by atoms with Crippen LogP contribution in [0.1, 0.15) is 36.5 Å². The maximum atomic E-state index is 11.7. The number of nitrogens with zero attached hydrogens (tertiary/aromatic N) is 2. The summed E-state index contributed by atoms with van der Waals surface area (Å²) in [4.78, 5) is 13.5. The van der Waals surface area contributed by atoms with E-state index in [0.717, 1.165) is 60.3 Å². The second kappa shape index (κ2) is 5.78. The second-order valence-electron chi connectivity index (χ2n) is 6.54. The van der Waals surface area contributed by atoms with Crippen molar-refractivity contribution in [3.8, 4) is 11.1 Å². The van der Waals surface area contributed by atoms with Crippen LogP contribution in [0.3, 0.4) is 0 Å². The van der Waals surface area contributed by atoms with Crippen LogP contribution in [0.15, 0.2) is 41.6 Å². The number of amides is 1. The van der Waals surface area contributed by atoms with Crippen molar-refractivity contribution in [3.05, 3.63) is 53.1 Å². The highest BCUT2D eigenvalue weighted by molar-refractivity contribution is 6.03. The molecule has 2 aliphatic rings. The summed E-state index contributed by atoms with van der Waals surface area (Å²) in [6.07, 6.45) is 3.79. The Hall–Kier alpha value is -2.62. The number of hydrogen-bond donors (Lipinski definition) is 1. The van der Waals surface area contributed by atoms with Crippen LogP contribution < -0.4 is 4.90 Å². The molecule has 0 unspecified atom stereocenters. The average molecular weight is 320 g/mol. The number of rotatable bonds is 1. The molecule has 1 N–H and O–H groups in total. The van der Waals surface area contributed by atoms with E-state index in [4.69, 9.17) is 0 Å². The predicted molar refractivity (Wildman–Crippen MR) is 94.9 cm³/mol. The van der Waals surface area contributed by atoms with Crippen molar-refractivity contribution in [2.45, 2.75) is 32.6 Å². The first-order valence-corrected chi connectivity index (χ1v) is 8.43. The van der Waals surface area contributed by atoms with Crippen molar-refractivity contribution >= 4 is 17.3 Å². The SMILES string of the molecule is CC(=O)N1CCc2cc(-c3ccc4c(c3)/C(=N/O)CCC4)ccc21. The zero-order chi connectivity index (χ0) is 16.7. The van der Waals surface area contributed by atoms with Crippen molar-refractivity contribution in [1.82, 2.24) is 0 Å². The Bertz CT molecular complexity index is 855. The van der Waals surface area contributed by atoms with Gasteiger partial charge in [0.1, 0.15) is 0 Å². The average Bonchev–Trinajstić information content (AvgIpc) is 3.04. The van der Waals surface area contributed by atoms with Crippen LogP contribution in [-0.4, -0.2) is 23.4 Å². The lowest BCUT2D eigenvalue weighted by Gasteiger charge is -2.18. The molecule has 2 aromatic carbocycles. The molecular formula is C20H20N2O2. The molecule has 0 fully saturated rings. The van der Waals surface area contributed by atoms with E-state index in [-0.39, 0.29) is 5.91 Å². The zero-order valence-corrected chi connectivity index (χ0v) is 13.7. The van der Waals surface area contributed by atoms with Crippen LogP contribution in [0.4, 0.5) is 5.69 Å². The summed E-state index contributed by atoms with van der Waals surface area (Å²) in [6, 6.07) is 12.7. The first kappa shape index (κ1) is 14.9. The molecule has 1 amide bonds. The fourth-order valence-corrected chi connectivity index (χ4v) is 3.84. The second-order valence-corrected chi connectivity index (χ2v) is 6.54. The van der Waals surface area contributed by atoms with E-state index in [9.17, 15) is 10.0 Å². The van der Waals surface area contributed by atoms with E-state index < -0.39 is 0 Å². The molecule has 1 aliphatic heterocycles. The number of hydrogen-bond acceptors (Lipinski definition) is 3. The molecule has 0 radical (unpaired) electrons. The minimum absolute atomic E-state index is 0.0964. The molecule has 0 saturated carbocycles. The van der Waals surface area contributed by atoms with E-state index in [0.29, 0.717) is 0 Å². The highest BCUT2D eigenvalue weighted by atomic mass is 16.4. The van der Waals surface area contributed by atoms with Crippen molar-refractivity contribution in [3.63, 3.8) is 0 Å². The van der Waals surface area contributed by atoms with Crippen LogP contribution in [0.5, 0.6) is 0 Å². The van der Waals surface area contributed by atoms with Gasteiger partial charge in [-0.1, -0.05) is 23.4 Å². The van der Waals surface area contributed by atoms with Crippen molar-refractivity contribution in [2.75, 3.05) is 11.4 Å². The molecular weight excluding hydrogens is 300 g/mol. The molecule has 4 heteroatoms. The summed E-state index contributed by atoms with van der Waals surface area (Å²) in [5.74, 6) is 0.0964. The van der Waals surface area contributed by atoms with Crippen LogP contribution in [0.25, 0.3) is 11.1 Å². The Morgan fingerprint density at radius 1 is 1.04 bits per heavy atom. The Morgan fingerprint density at radius 2 is 1.83 bits per heavy atom. The van der Waals surface area contributed by atoms with E-state index in [2.05, 4.69) is 35.5 Å². The Morgan fingerprint density at radius 3 is 2.62 bits per heavy atom. The Labute approximate surface area is 141 Å². The largest absolute Gasteiger partial charge is 0.411 e. The molecule has 0 atom stereocenters. The van der Waals surface area contributed by atoms with Gasteiger partial charge in [0.2, 0.25) is 5.91 Å². The fraction of sp³-hybridized carbons (Fsp3) is 0.300. The van der Waals surface area contributed by atoms with Gasteiger partial charge in [0.25, 0.3) is 0 Å². The lowest BCUT2D eigenvalue weighted by Crippen LogP contribution is -2.25. The van der Waals surface area contributed by atoms with E-state index in [1.165, 1.54) is 11.1 Å². The van der Waals surface area contributed by atoms with E-state index in [1.807, 2.05) is 11.0 Å². The van der Waals surface area contributed by atoms with Crippen molar-refractivity contribution < 1.29 is 10.0 Å². The Kier molecular flexibility index (Phi) is 3.60. The topological polar surface area (TPSA) is 52.9 Å². The minimum atomic E-state index is 0.0964. The van der Waals surface area contributed by atoms with E-state index in [1.54, 1.807) is 6.92 Å². The third kappa shape index (κ3) is 2.39. The summed E-state index contributed by atoms with van der Waals surface area (Å²) < 4.78 is 0. The minimum Gasteiger partial charge on any atom is -0.411 e. The van der Waals surface area contributed by atoms with Gasteiger partial charge in [-0.2, -0.15) is 0 Å². The predicted octanol–water partition coefficient (Wildman–Crippen LogP) is 3.78. The van der Waals surface area contributed by atoms with Crippen LogP contribution in [0.2, 0.25) is 0 Å². The quantitative estimate of drug-likeness (QED) is 0.642. The summed E-state index contributed by atoms with van der Waals surface area (Å²) in [5.41, 5.74) is 7.61. The number of carbonyl (C=O) groups excluding carboxylic acids is 1. The highest BCUT2D eigenvalue weighted by Crippen LogP contribution is 2.34. The normalized spacial score (nSPS) is 17.7. The summed E-state index contributed by atoms with van der Waals surface area (Å²) in [7, 11) is 0. The summed E-state index contributed by atoms with van der Waals surface area (Å²) >= 11 is 0. The van der Waals surface area contributed by atoms with Gasteiger partial charge < -0.3 is 10.1 Å². The molecule has 4 nitrogen and oxygen atoms in total. The van der Waals surface area contributed by atoms with Crippen LogP contribution in [-0.2, 0) is 17.6 Å². The number of oxime groups is 1. The third-order valence-electron chi connectivity index (χ3n) is 5.09. The van der Waals surface area contributed by atoms with Gasteiger partial charge in [-0.15, -0.1) is 0 Å². The third-order valence-corrected chi connectivity index (χ3v) is 5.09. The molecule has 1 aliphatic carbocycles. The van der Waals surface area contributed by atoms with Crippen LogP contribution in [0, 0.1) is 0 Å². The molecule has 24 heavy (non-hydrogen) atoms. The lowest BCUT2D eigenvalue weighted by atomic mass is 9.87. The van der Waals surface area contributed by atoms with Gasteiger partial charge >= 0.3 is 0 Å². The lowest BCUT2D eigenvalue weighted by molar-refractivity contribution is -0.116. The highest BCUT2D eigenvalue weighted by Gasteiger charge is 2.23. The molecule has 0 aromatic heterocycles. The Balaban J connectivity index is 1.74. The maximum Gasteiger partial charge on any atom is 0.223 e. The summed E-state index contributed by atoms with van der Waals surface area (Å²) in [5, 5.41) is 12.7. The van der Waals surface area contributed by atoms with Crippen LogP contribution >= 0.6 is 0 Å². The fourth-order valence-electron chi connectivity index (χ4n) is 3.84. The number of benzene rings is 2. The monoisotopic (exact) mass is 320 g/mol. The van der Waals surface area contributed by atoms with E-state index >= 15 is 0 Å². The number of anilines is 1. The molecule has 0 bridgehead atoms. The van der Waals surface area contributed by atoms with Gasteiger partial charge in [0.05, 0.1) is 5.71 Å². The smallest absolute Gasteiger partial charge is 0.223 e. The number of carbonyl (C=O) groups is 1. The van der Waals surface area contributed by atoms with Gasteiger partial charge in [-0.3, -0.25) is 4.79 Å². The maximum absolute atomic E-state index is 11.7. The number of fused-ring (bicyclic) bond motifs is 2. The van der Waals surface area contributed by atoms with Gasteiger partial charge in [-0.05, 0) is 66.1 Å². The van der Waals surface area contributed by atoms with Gasteiger partial charge in [-0.25, -0.2) is 0 Å². The number of aryl methyl sites for hydroxylation is 1. The molecule has 4 rings (SSSR count).